The summed E-state index contributed by atoms with van der Waals surface area (Å²) in [6, 6.07) is 7.51. The number of nitrogens with two attached hydrogens (primary N) is 1. The zero-order chi connectivity index (χ0) is 29.1. The molecule has 0 spiro atoms. The summed E-state index contributed by atoms with van der Waals surface area (Å²) >= 11 is 5.68. The second-order valence-electron chi connectivity index (χ2n) is 9.48. The largest absolute Gasteiger partial charge is 0.417 e. The Kier molecular flexibility index (Phi) is 8.30. The maximum absolute atomic E-state index is 13.2. The number of ether oxygens (including phenoxy) is 1. The molecule has 1 saturated heterocycles. The first kappa shape index (κ1) is 28.6. The van der Waals surface area contributed by atoms with Crippen LogP contribution in [0.3, 0.4) is 0 Å². The minimum Gasteiger partial charge on any atom is -0.383 e. The van der Waals surface area contributed by atoms with Gasteiger partial charge in [-0.25, -0.2) is 9.78 Å². The van der Waals surface area contributed by atoms with Gasteiger partial charge in [0.2, 0.25) is 0 Å². The molecule has 4 bridgehead atoms. The zero-order valence-electron chi connectivity index (χ0n) is 21.9. The van der Waals surface area contributed by atoms with Crippen LogP contribution in [0.4, 0.5) is 46.7 Å². The third kappa shape index (κ3) is 6.70. The summed E-state index contributed by atoms with van der Waals surface area (Å²) in [6.45, 7) is 4.11. The van der Waals surface area contributed by atoms with Crippen molar-refractivity contribution >= 4 is 46.3 Å². The van der Waals surface area contributed by atoms with Crippen LogP contribution in [0.15, 0.2) is 42.7 Å². The molecule has 41 heavy (non-hydrogen) atoms. The van der Waals surface area contributed by atoms with E-state index in [1.165, 1.54) is 12.4 Å². The molecule has 2 amide bonds. The second-order valence-corrected chi connectivity index (χ2v) is 9.88. The lowest BCUT2D eigenvalue weighted by molar-refractivity contribution is -0.137. The van der Waals surface area contributed by atoms with Crippen molar-refractivity contribution in [1.29, 1.82) is 0 Å². The van der Waals surface area contributed by atoms with Crippen LogP contribution < -0.4 is 32.2 Å². The number of aromatic nitrogens is 3. The number of morpholine rings is 1. The molecule has 3 atom stereocenters. The minimum absolute atomic E-state index is 0.0659. The molecule has 12 nitrogen and oxygen atoms in total. The number of hydrogen-bond acceptors (Lipinski definition) is 10. The predicted octanol–water partition coefficient (Wildman–Crippen LogP) is 4.47. The number of nitrogens with one attached hydrogen (secondary N) is 4. The monoisotopic (exact) mass is 592 g/mol. The van der Waals surface area contributed by atoms with Gasteiger partial charge < -0.3 is 26.4 Å². The second kappa shape index (κ2) is 11.9. The Balaban J connectivity index is 1.38. The number of fused-ring (bicyclic) bond motifs is 5. The van der Waals surface area contributed by atoms with Crippen molar-refractivity contribution in [3.05, 3.63) is 59.1 Å². The third-order valence-electron chi connectivity index (χ3n) is 6.31. The SMILES string of the molecule is CC1CN2CC(O1)c1ncnc(n1)N2Nc1cc(NC(=O)Nc2ccc(Cl)c(C(F)(F)F)c2)ccc1NCCCN. The maximum atomic E-state index is 13.2. The van der Waals surface area contributed by atoms with Gasteiger partial charge in [0.25, 0.3) is 5.95 Å². The van der Waals surface area contributed by atoms with Crippen molar-refractivity contribution < 1.29 is 22.7 Å². The quantitative estimate of drug-likeness (QED) is 0.237. The van der Waals surface area contributed by atoms with E-state index < -0.39 is 22.8 Å². The highest BCUT2D eigenvalue weighted by Gasteiger charge is 2.37. The Morgan fingerprint density at radius 1 is 1.12 bits per heavy atom. The van der Waals surface area contributed by atoms with Gasteiger partial charge in [-0.15, -0.1) is 0 Å². The molecule has 0 aliphatic carbocycles. The molecule has 218 valence electrons. The highest BCUT2D eigenvalue weighted by Crippen LogP contribution is 2.36. The van der Waals surface area contributed by atoms with Crippen LogP contribution >= 0.6 is 11.6 Å². The summed E-state index contributed by atoms with van der Waals surface area (Å²) in [5.74, 6) is 0.891. The van der Waals surface area contributed by atoms with Gasteiger partial charge in [0, 0.05) is 24.5 Å². The Bertz CT molecular complexity index is 1410. The zero-order valence-corrected chi connectivity index (χ0v) is 22.6. The van der Waals surface area contributed by atoms with Gasteiger partial charge in [0.15, 0.2) is 5.82 Å². The van der Waals surface area contributed by atoms with E-state index >= 15 is 0 Å². The van der Waals surface area contributed by atoms with Gasteiger partial charge in [-0.2, -0.15) is 33.3 Å². The number of anilines is 5. The van der Waals surface area contributed by atoms with E-state index in [0.717, 1.165) is 18.6 Å². The maximum Gasteiger partial charge on any atom is 0.417 e. The average molecular weight is 593 g/mol. The molecule has 2 aliphatic heterocycles. The summed E-state index contributed by atoms with van der Waals surface area (Å²) < 4.78 is 45.7. The highest BCUT2D eigenvalue weighted by molar-refractivity contribution is 6.31. The molecule has 3 aromatic rings. The van der Waals surface area contributed by atoms with E-state index in [0.29, 0.717) is 55.0 Å². The van der Waals surface area contributed by atoms with E-state index in [9.17, 15) is 18.0 Å². The van der Waals surface area contributed by atoms with E-state index in [4.69, 9.17) is 22.1 Å². The lowest BCUT2D eigenvalue weighted by Crippen LogP contribution is -2.53. The number of hydrazine groups is 2. The van der Waals surface area contributed by atoms with Crippen LogP contribution in [0, 0.1) is 0 Å². The molecule has 1 aromatic heterocycles. The number of alkyl halides is 3. The van der Waals surface area contributed by atoms with Crippen molar-refractivity contribution in [3.8, 4) is 0 Å². The van der Waals surface area contributed by atoms with E-state index in [-0.39, 0.29) is 17.9 Å². The number of carbonyl (C=O) groups is 1. The number of carbonyl (C=O) groups excluding carboxylic acids is 1. The Morgan fingerprint density at radius 3 is 2.63 bits per heavy atom. The van der Waals surface area contributed by atoms with Gasteiger partial charge in [0.05, 0.1) is 34.6 Å². The number of urea groups is 1. The average Bonchev–Trinajstić information content (AvgIpc) is 2.98. The Hall–Kier alpha value is -3.92. The van der Waals surface area contributed by atoms with Crippen LogP contribution in [0.1, 0.15) is 30.8 Å². The predicted molar refractivity (Wildman–Crippen MR) is 148 cm³/mol. The van der Waals surface area contributed by atoms with Crippen LogP contribution in [0.2, 0.25) is 5.02 Å². The fraction of sp³-hybridized carbons (Fsp3) is 0.360. The van der Waals surface area contributed by atoms with E-state index in [2.05, 4.69) is 36.3 Å². The first-order valence-electron chi connectivity index (χ1n) is 12.8. The van der Waals surface area contributed by atoms with E-state index in [1.807, 2.05) is 11.9 Å². The fourth-order valence-electron chi connectivity index (χ4n) is 4.46. The standard InChI is InChI=1S/C25H28ClF3N10O2/c1-14-11-38-12-21(41-14)22-32-13-33-23(36-22)39(38)37-20-10-16(4-6-19(20)31-8-2-7-30)35-24(40)34-15-3-5-18(26)17(9-15)25(27,28)29/h3-6,9-10,13-14,21,31,37H,2,7-8,11-12,30H2,1H3,(H2,34,35,40). The molecule has 6 N–H and O–H groups in total. The van der Waals surface area contributed by atoms with Crippen LogP contribution in [0.25, 0.3) is 0 Å². The summed E-state index contributed by atoms with van der Waals surface area (Å²) in [5, 5.41) is 11.7. The molecular weight excluding hydrogens is 565 g/mol. The smallest absolute Gasteiger partial charge is 0.383 e. The van der Waals surface area contributed by atoms with Gasteiger partial charge in [-0.05, 0) is 56.3 Å². The van der Waals surface area contributed by atoms with Crippen LogP contribution in [-0.4, -0.2) is 58.3 Å². The lowest BCUT2D eigenvalue weighted by Gasteiger charge is -2.40. The lowest BCUT2D eigenvalue weighted by atomic mass is 10.2. The molecule has 2 aliphatic rings. The van der Waals surface area contributed by atoms with Gasteiger partial charge in [-0.3, -0.25) is 5.43 Å². The Morgan fingerprint density at radius 2 is 1.88 bits per heavy atom. The molecule has 5 rings (SSSR count). The molecule has 0 saturated carbocycles. The third-order valence-corrected chi connectivity index (χ3v) is 6.64. The summed E-state index contributed by atoms with van der Waals surface area (Å²) in [4.78, 5) is 25.9. The van der Waals surface area contributed by atoms with E-state index in [1.54, 1.807) is 23.3 Å². The van der Waals surface area contributed by atoms with Crippen LogP contribution in [-0.2, 0) is 10.9 Å². The normalized spacial score (nSPS) is 19.8. The first-order chi connectivity index (χ1) is 19.6. The van der Waals surface area contributed by atoms with Crippen molar-refractivity contribution in [3.63, 3.8) is 0 Å². The van der Waals surface area contributed by atoms with Crippen molar-refractivity contribution in [2.24, 2.45) is 5.73 Å². The van der Waals surface area contributed by atoms with Gasteiger partial charge in [0.1, 0.15) is 12.4 Å². The topological polar surface area (TPSA) is 146 Å². The van der Waals surface area contributed by atoms with Crippen molar-refractivity contribution in [2.75, 3.05) is 52.7 Å². The number of rotatable bonds is 8. The van der Waals surface area contributed by atoms with Crippen molar-refractivity contribution in [2.45, 2.75) is 31.7 Å². The van der Waals surface area contributed by atoms with Crippen LogP contribution in [0.5, 0.6) is 0 Å². The Labute approximate surface area is 238 Å². The highest BCUT2D eigenvalue weighted by atomic mass is 35.5. The molecule has 3 unspecified atom stereocenters. The van der Waals surface area contributed by atoms with Gasteiger partial charge in [-0.1, -0.05) is 11.6 Å². The van der Waals surface area contributed by atoms with Gasteiger partial charge >= 0.3 is 12.2 Å². The molecule has 1 fully saturated rings. The molecule has 2 aromatic carbocycles. The summed E-state index contributed by atoms with van der Waals surface area (Å²) in [7, 11) is 0. The summed E-state index contributed by atoms with van der Waals surface area (Å²) in [6.07, 6.45) is -2.93. The molecular formula is C25H28ClF3N10O2. The number of benzene rings is 2. The minimum atomic E-state index is -4.66. The number of halogens is 4. The summed E-state index contributed by atoms with van der Waals surface area (Å²) in [5.41, 5.74) is 9.55. The fourth-order valence-corrected chi connectivity index (χ4v) is 4.69. The molecule has 3 heterocycles. The number of hydrogen-bond donors (Lipinski definition) is 5. The number of amides is 2. The first-order valence-corrected chi connectivity index (χ1v) is 13.2. The van der Waals surface area contributed by atoms with Crippen molar-refractivity contribution in [1.82, 2.24) is 20.0 Å². The molecule has 0 radical (unpaired) electrons. The molecule has 16 heteroatoms. The number of nitrogens with zero attached hydrogens (tertiary/aromatic N) is 5.